The van der Waals surface area contributed by atoms with Crippen LogP contribution in [0.4, 0.5) is 0 Å². The van der Waals surface area contributed by atoms with E-state index in [-0.39, 0.29) is 5.75 Å². The van der Waals surface area contributed by atoms with Crippen LogP contribution in [0.15, 0.2) is 39.1 Å². The Bertz CT molecular complexity index is 548. The Labute approximate surface area is 109 Å². The van der Waals surface area contributed by atoms with Crippen LogP contribution in [0.2, 0.25) is 0 Å². The largest absolute Gasteiger partial charge is 0.502 e. The molecule has 18 heavy (non-hydrogen) atoms. The molecule has 2 heterocycles. The van der Waals surface area contributed by atoms with Crippen molar-refractivity contribution in [2.24, 2.45) is 0 Å². The van der Waals surface area contributed by atoms with Gasteiger partial charge in [-0.25, -0.2) is 0 Å². The first-order valence-electron chi connectivity index (χ1n) is 5.74. The highest BCUT2D eigenvalue weighted by molar-refractivity contribution is 7.09. The normalized spacial score (nSPS) is 11.0. The molecule has 4 nitrogen and oxygen atoms in total. The SMILES string of the molecule is CCN(Cc1cc(=O)c(O)co1)Cc1cccs1. The van der Waals surface area contributed by atoms with Crippen LogP contribution in [0.3, 0.4) is 0 Å². The summed E-state index contributed by atoms with van der Waals surface area (Å²) in [7, 11) is 0. The Balaban J connectivity index is 2.05. The maximum Gasteiger partial charge on any atom is 0.226 e. The minimum Gasteiger partial charge on any atom is -0.502 e. The van der Waals surface area contributed by atoms with Crippen LogP contribution >= 0.6 is 11.3 Å². The highest BCUT2D eigenvalue weighted by Gasteiger charge is 2.09. The summed E-state index contributed by atoms with van der Waals surface area (Å²) in [6.07, 6.45) is 1.09. The molecule has 0 aliphatic carbocycles. The number of aromatic hydroxyl groups is 1. The van der Waals surface area contributed by atoms with Gasteiger partial charge in [-0.1, -0.05) is 13.0 Å². The van der Waals surface area contributed by atoms with Crippen molar-refractivity contribution in [2.75, 3.05) is 6.54 Å². The van der Waals surface area contributed by atoms with Crippen LogP contribution < -0.4 is 5.43 Å². The molecule has 0 unspecified atom stereocenters. The number of hydrogen-bond donors (Lipinski definition) is 1. The molecule has 0 atom stereocenters. The third kappa shape index (κ3) is 3.21. The fraction of sp³-hybridized carbons (Fsp3) is 0.308. The minimum absolute atomic E-state index is 0.347. The van der Waals surface area contributed by atoms with Gasteiger partial charge in [-0.15, -0.1) is 11.3 Å². The van der Waals surface area contributed by atoms with Gasteiger partial charge in [-0.3, -0.25) is 9.69 Å². The Morgan fingerprint density at radius 2 is 2.28 bits per heavy atom. The number of hydrogen-bond acceptors (Lipinski definition) is 5. The lowest BCUT2D eigenvalue weighted by atomic mass is 10.3. The van der Waals surface area contributed by atoms with E-state index in [1.165, 1.54) is 10.9 Å². The maximum atomic E-state index is 11.3. The lowest BCUT2D eigenvalue weighted by Gasteiger charge is -2.18. The van der Waals surface area contributed by atoms with Crippen LogP contribution in [0, 0.1) is 0 Å². The fourth-order valence-corrected chi connectivity index (χ4v) is 2.40. The molecule has 0 spiro atoms. The third-order valence-electron chi connectivity index (χ3n) is 2.65. The van der Waals surface area contributed by atoms with E-state index in [4.69, 9.17) is 9.52 Å². The quantitative estimate of drug-likeness (QED) is 0.902. The monoisotopic (exact) mass is 265 g/mol. The summed E-state index contributed by atoms with van der Waals surface area (Å²) in [6.45, 7) is 4.32. The summed E-state index contributed by atoms with van der Waals surface area (Å²) >= 11 is 1.71. The van der Waals surface area contributed by atoms with Crippen LogP contribution in [-0.4, -0.2) is 16.6 Å². The van der Waals surface area contributed by atoms with Crippen LogP contribution in [-0.2, 0) is 13.1 Å². The summed E-state index contributed by atoms with van der Waals surface area (Å²) in [4.78, 5) is 14.7. The first-order valence-corrected chi connectivity index (χ1v) is 6.62. The first-order chi connectivity index (χ1) is 8.69. The predicted molar refractivity (Wildman–Crippen MR) is 70.7 cm³/mol. The molecule has 0 bridgehead atoms. The molecular formula is C13H15NO3S. The van der Waals surface area contributed by atoms with Gasteiger partial charge in [-0.05, 0) is 18.0 Å². The average Bonchev–Trinajstić information content (AvgIpc) is 2.86. The molecule has 0 aromatic carbocycles. The molecule has 0 aliphatic rings. The van der Waals surface area contributed by atoms with E-state index in [1.807, 2.05) is 11.4 Å². The molecule has 0 amide bonds. The summed E-state index contributed by atoms with van der Waals surface area (Å²) in [5.41, 5.74) is -0.400. The van der Waals surface area contributed by atoms with Gasteiger partial charge in [0.05, 0.1) is 6.54 Å². The van der Waals surface area contributed by atoms with Crippen molar-refractivity contribution in [1.82, 2.24) is 4.90 Å². The minimum atomic E-state index is -0.400. The van der Waals surface area contributed by atoms with Gasteiger partial charge in [-0.2, -0.15) is 0 Å². The van der Waals surface area contributed by atoms with E-state index < -0.39 is 5.43 Å². The first kappa shape index (κ1) is 12.9. The molecule has 0 saturated heterocycles. The molecule has 2 aromatic rings. The van der Waals surface area contributed by atoms with E-state index in [2.05, 4.69) is 17.9 Å². The fourth-order valence-electron chi connectivity index (χ4n) is 1.65. The summed E-state index contributed by atoms with van der Waals surface area (Å²) < 4.78 is 5.20. The average molecular weight is 265 g/mol. The molecule has 5 heteroatoms. The molecule has 0 radical (unpaired) electrons. The lowest BCUT2D eigenvalue weighted by Crippen LogP contribution is -2.22. The predicted octanol–water partition coefficient (Wildman–Crippen LogP) is 2.43. The van der Waals surface area contributed by atoms with E-state index in [1.54, 1.807) is 11.3 Å². The van der Waals surface area contributed by atoms with Crippen LogP contribution in [0.25, 0.3) is 0 Å². The van der Waals surface area contributed by atoms with Crippen molar-refractivity contribution < 1.29 is 9.52 Å². The van der Waals surface area contributed by atoms with Gasteiger partial charge in [0.15, 0.2) is 5.75 Å². The van der Waals surface area contributed by atoms with Crippen molar-refractivity contribution in [2.45, 2.75) is 20.0 Å². The van der Waals surface area contributed by atoms with Gasteiger partial charge < -0.3 is 9.52 Å². The Morgan fingerprint density at radius 1 is 1.44 bits per heavy atom. The van der Waals surface area contributed by atoms with Crippen LogP contribution in [0.1, 0.15) is 17.6 Å². The summed E-state index contributed by atoms with van der Waals surface area (Å²) in [6, 6.07) is 5.45. The smallest absolute Gasteiger partial charge is 0.226 e. The standard InChI is InChI=1S/C13H15NO3S/c1-2-14(8-11-4-3-5-18-11)7-10-6-12(15)13(16)9-17-10/h3-6,9,16H,2,7-8H2,1H3. The maximum absolute atomic E-state index is 11.3. The zero-order valence-electron chi connectivity index (χ0n) is 10.1. The van der Waals surface area contributed by atoms with E-state index in [9.17, 15) is 4.79 Å². The van der Waals surface area contributed by atoms with Crippen LogP contribution in [0.5, 0.6) is 5.75 Å². The molecule has 96 valence electrons. The Kier molecular flexibility index (Phi) is 4.17. The second kappa shape index (κ2) is 5.84. The van der Waals surface area contributed by atoms with Gasteiger partial charge in [0, 0.05) is 17.5 Å². The second-order valence-electron chi connectivity index (χ2n) is 3.98. The van der Waals surface area contributed by atoms with Gasteiger partial charge in [0.1, 0.15) is 12.0 Å². The summed E-state index contributed by atoms with van der Waals surface area (Å²) in [5, 5.41) is 11.2. The lowest BCUT2D eigenvalue weighted by molar-refractivity contribution is 0.245. The van der Waals surface area contributed by atoms with Crippen molar-refractivity contribution in [1.29, 1.82) is 0 Å². The van der Waals surface area contributed by atoms with E-state index >= 15 is 0 Å². The molecule has 2 aromatic heterocycles. The number of thiophene rings is 1. The van der Waals surface area contributed by atoms with Crippen molar-refractivity contribution in [3.8, 4) is 5.75 Å². The van der Waals surface area contributed by atoms with Crippen molar-refractivity contribution in [3.63, 3.8) is 0 Å². The zero-order chi connectivity index (χ0) is 13.0. The van der Waals surface area contributed by atoms with Crippen molar-refractivity contribution in [3.05, 3.63) is 50.7 Å². The van der Waals surface area contributed by atoms with E-state index in [0.717, 1.165) is 19.4 Å². The second-order valence-corrected chi connectivity index (χ2v) is 5.01. The molecule has 0 fully saturated rings. The van der Waals surface area contributed by atoms with E-state index in [0.29, 0.717) is 12.3 Å². The van der Waals surface area contributed by atoms with Gasteiger partial charge >= 0.3 is 0 Å². The Morgan fingerprint density at radius 3 is 2.89 bits per heavy atom. The summed E-state index contributed by atoms with van der Waals surface area (Å²) in [5.74, 6) is 0.219. The zero-order valence-corrected chi connectivity index (χ0v) is 10.9. The third-order valence-corrected chi connectivity index (χ3v) is 3.51. The molecule has 2 rings (SSSR count). The Hall–Kier alpha value is -1.59. The van der Waals surface area contributed by atoms with Gasteiger partial charge in [0.2, 0.25) is 5.43 Å². The van der Waals surface area contributed by atoms with Gasteiger partial charge in [0.25, 0.3) is 0 Å². The number of rotatable bonds is 5. The molecule has 0 saturated carbocycles. The van der Waals surface area contributed by atoms with Crippen molar-refractivity contribution >= 4 is 11.3 Å². The highest BCUT2D eigenvalue weighted by atomic mass is 32.1. The molecule has 1 N–H and O–H groups in total. The topological polar surface area (TPSA) is 53.7 Å². The highest BCUT2D eigenvalue weighted by Crippen LogP contribution is 2.14. The molecular weight excluding hydrogens is 250 g/mol. The number of nitrogens with zero attached hydrogens (tertiary/aromatic N) is 1. The molecule has 0 aliphatic heterocycles.